The number of rotatable bonds is 4. The van der Waals surface area contributed by atoms with E-state index in [1.807, 2.05) is 6.92 Å². The van der Waals surface area contributed by atoms with Crippen LogP contribution in [0.4, 0.5) is 5.82 Å². The summed E-state index contributed by atoms with van der Waals surface area (Å²) in [5, 5.41) is 4.01. The molecule has 0 aromatic carbocycles. The maximum atomic E-state index is 5.97. The Labute approximate surface area is 109 Å². The van der Waals surface area contributed by atoms with E-state index in [1.165, 1.54) is 6.20 Å². The van der Waals surface area contributed by atoms with E-state index in [9.17, 15) is 0 Å². The number of halogens is 2. The fraction of sp³-hybridized carbons (Fsp3) is 0.273. The molecule has 90 valence electrons. The molecule has 2 aromatic heterocycles. The third-order valence-electron chi connectivity index (χ3n) is 2.16. The Balaban J connectivity index is 2.02. The first-order chi connectivity index (χ1) is 8.19. The lowest BCUT2D eigenvalue weighted by atomic mass is 10.4. The van der Waals surface area contributed by atoms with Gasteiger partial charge < -0.3 is 9.73 Å². The average Bonchev–Trinajstić information content (AvgIpc) is 2.76. The normalized spacial score (nSPS) is 10.5. The molecule has 0 spiro atoms. The largest absolute Gasteiger partial charge is 0.444 e. The maximum Gasteiger partial charge on any atom is 0.213 e. The van der Waals surface area contributed by atoms with Crippen molar-refractivity contribution in [2.45, 2.75) is 19.9 Å². The molecule has 2 heterocycles. The molecule has 0 atom stereocenters. The number of nitrogens with one attached hydrogen (secondary N) is 1. The van der Waals surface area contributed by atoms with E-state index in [-0.39, 0.29) is 0 Å². The molecule has 0 bridgehead atoms. The van der Waals surface area contributed by atoms with Gasteiger partial charge in [0.2, 0.25) is 5.89 Å². The summed E-state index contributed by atoms with van der Waals surface area (Å²) in [5.41, 5.74) is 0. The van der Waals surface area contributed by atoms with E-state index in [0.29, 0.717) is 28.3 Å². The van der Waals surface area contributed by atoms with E-state index in [4.69, 9.17) is 27.6 Å². The highest BCUT2D eigenvalue weighted by molar-refractivity contribution is 6.35. The van der Waals surface area contributed by atoms with Gasteiger partial charge >= 0.3 is 0 Å². The van der Waals surface area contributed by atoms with Gasteiger partial charge in [0.05, 0.1) is 22.8 Å². The molecule has 4 nitrogen and oxygen atoms in total. The van der Waals surface area contributed by atoms with Gasteiger partial charge in [-0.3, -0.25) is 0 Å². The molecule has 17 heavy (non-hydrogen) atoms. The van der Waals surface area contributed by atoms with E-state index in [2.05, 4.69) is 15.3 Å². The van der Waals surface area contributed by atoms with Gasteiger partial charge in [-0.15, -0.1) is 0 Å². The molecule has 0 aliphatic rings. The molecule has 6 heteroatoms. The van der Waals surface area contributed by atoms with Gasteiger partial charge in [0.25, 0.3) is 0 Å². The Morgan fingerprint density at radius 2 is 2.12 bits per heavy atom. The quantitative estimate of drug-likeness (QED) is 0.924. The zero-order valence-electron chi connectivity index (χ0n) is 9.20. The fourth-order valence-electron chi connectivity index (χ4n) is 1.30. The van der Waals surface area contributed by atoms with Crippen LogP contribution in [0.5, 0.6) is 0 Å². The predicted molar refractivity (Wildman–Crippen MR) is 67.5 cm³/mol. The lowest BCUT2D eigenvalue weighted by Gasteiger charge is -2.04. The van der Waals surface area contributed by atoms with Crippen molar-refractivity contribution in [2.75, 3.05) is 5.32 Å². The molecule has 2 rings (SSSR count). The third-order valence-corrected chi connectivity index (χ3v) is 2.66. The van der Waals surface area contributed by atoms with E-state index >= 15 is 0 Å². The number of aromatic nitrogens is 2. The number of hydrogen-bond donors (Lipinski definition) is 1. The summed E-state index contributed by atoms with van der Waals surface area (Å²) in [6.07, 6.45) is 4.07. The number of nitrogens with zero attached hydrogens (tertiary/aromatic N) is 2. The van der Waals surface area contributed by atoms with E-state index < -0.39 is 0 Å². The first-order valence-corrected chi connectivity index (χ1v) is 5.93. The molecule has 0 saturated carbocycles. The lowest BCUT2D eigenvalue weighted by molar-refractivity contribution is 0.465. The van der Waals surface area contributed by atoms with Crippen molar-refractivity contribution < 1.29 is 4.42 Å². The molecule has 0 fully saturated rings. The third kappa shape index (κ3) is 3.11. The highest BCUT2D eigenvalue weighted by Crippen LogP contribution is 2.22. The molecule has 0 unspecified atom stereocenters. The summed E-state index contributed by atoms with van der Waals surface area (Å²) in [4.78, 5) is 8.20. The molecule has 1 N–H and O–H groups in total. The van der Waals surface area contributed by atoms with Gasteiger partial charge in [-0.2, -0.15) is 0 Å². The summed E-state index contributed by atoms with van der Waals surface area (Å²) < 4.78 is 5.45. The van der Waals surface area contributed by atoms with Gasteiger partial charge in [-0.1, -0.05) is 30.1 Å². The molecular weight excluding hydrogens is 261 g/mol. The average molecular weight is 272 g/mol. The molecule has 2 aromatic rings. The maximum absolute atomic E-state index is 5.97. The van der Waals surface area contributed by atoms with Gasteiger partial charge in [0, 0.05) is 12.6 Å². The van der Waals surface area contributed by atoms with Crippen LogP contribution in [0.1, 0.15) is 18.6 Å². The molecule has 0 aliphatic heterocycles. The SMILES string of the molecule is CCc1cnc(CNc2ncc(Cl)cc2Cl)o1. The molecule has 0 radical (unpaired) electrons. The predicted octanol–water partition coefficient (Wildman–Crippen LogP) is 3.55. The van der Waals surface area contributed by atoms with Crippen molar-refractivity contribution in [1.82, 2.24) is 9.97 Å². The fourth-order valence-corrected chi connectivity index (χ4v) is 1.74. The van der Waals surface area contributed by atoms with Crippen molar-refractivity contribution in [2.24, 2.45) is 0 Å². The Morgan fingerprint density at radius 3 is 2.76 bits per heavy atom. The molecule has 0 amide bonds. The van der Waals surface area contributed by atoms with Crippen LogP contribution in [-0.4, -0.2) is 9.97 Å². The topological polar surface area (TPSA) is 51.0 Å². The smallest absolute Gasteiger partial charge is 0.213 e. The van der Waals surface area contributed by atoms with Crippen LogP contribution in [-0.2, 0) is 13.0 Å². The van der Waals surface area contributed by atoms with Gasteiger partial charge in [0.1, 0.15) is 11.6 Å². The summed E-state index contributed by atoms with van der Waals surface area (Å²) in [6, 6.07) is 1.63. The van der Waals surface area contributed by atoms with Crippen molar-refractivity contribution in [3.63, 3.8) is 0 Å². The van der Waals surface area contributed by atoms with E-state index in [1.54, 1.807) is 12.3 Å². The second-order valence-electron chi connectivity index (χ2n) is 3.41. The molecular formula is C11H11Cl2N3O. The molecule has 0 aliphatic carbocycles. The van der Waals surface area contributed by atoms with Crippen LogP contribution in [0.15, 0.2) is 22.9 Å². The minimum atomic E-state index is 0.439. The minimum Gasteiger partial charge on any atom is -0.444 e. The number of aryl methyl sites for hydroxylation is 1. The van der Waals surface area contributed by atoms with Crippen LogP contribution < -0.4 is 5.32 Å². The summed E-state index contributed by atoms with van der Waals surface area (Å²) in [7, 11) is 0. The van der Waals surface area contributed by atoms with Crippen LogP contribution in [0.25, 0.3) is 0 Å². The zero-order valence-corrected chi connectivity index (χ0v) is 10.7. The first kappa shape index (κ1) is 12.2. The van der Waals surface area contributed by atoms with Gasteiger partial charge in [-0.25, -0.2) is 9.97 Å². The highest BCUT2D eigenvalue weighted by atomic mass is 35.5. The first-order valence-electron chi connectivity index (χ1n) is 5.17. The Morgan fingerprint density at radius 1 is 1.29 bits per heavy atom. The summed E-state index contributed by atoms with van der Waals surface area (Å²) >= 11 is 11.7. The van der Waals surface area contributed by atoms with Gasteiger partial charge in [-0.05, 0) is 6.07 Å². The Hall–Kier alpha value is -1.26. The summed E-state index contributed by atoms with van der Waals surface area (Å²) in [6.45, 7) is 2.45. The van der Waals surface area contributed by atoms with E-state index in [0.717, 1.165) is 12.2 Å². The summed E-state index contributed by atoms with van der Waals surface area (Å²) in [5.74, 6) is 2.03. The number of hydrogen-bond acceptors (Lipinski definition) is 4. The zero-order chi connectivity index (χ0) is 12.3. The lowest BCUT2D eigenvalue weighted by Crippen LogP contribution is -2.01. The standard InChI is InChI=1S/C11H11Cl2N3O/c1-2-8-5-14-10(17-8)6-16-11-9(13)3-7(12)4-15-11/h3-5H,2,6H2,1H3,(H,15,16). The van der Waals surface area contributed by atoms with Crippen LogP contribution in [0.3, 0.4) is 0 Å². The minimum absolute atomic E-state index is 0.439. The monoisotopic (exact) mass is 271 g/mol. The van der Waals surface area contributed by atoms with Crippen LogP contribution >= 0.6 is 23.2 Å². The second-order valence-corrected chi connectivity index (χ2v) is 4.26. The van der Waals surface area contributed by atoms with Crippen molar-refractivity contribution in [3.05, 3.63) is 40.2 Å². The van der Waals surface area contributed by atoms with Crippen molar-refractivity contribution in [3.8, 4) is 0 Å². The molecule has 0 saturated heterocycles. The van der Waals surface area contributed by atoms with Crippen molar-refractivity contribution in [1.29, 1.82) is 0 Å². The Bertz CT molecular complexity index is 513. The number of pyridine rings is 1. The second kappa shape index (κ2) is 5.38. The number of oxazole rings is 1. The number of anilines is 1. The van der Waals surface area contributed by atoms with Crippen LogP contribution in [0.2, 0.25) is 10.0 Å². The van der Waals surface area contributed by atoms with Crippen LogP contribution in [0, 0.1) is 0 Å². The Kier molecular flexibility index (Phi) is 3.86. The van der Waals surface area contributed by atoms with Crippen molar-refractivity contribution >= 4 is 29.0 Å². The highest BCUT2D eigenvalue weighted by Gasteiger charge is 2.05. The van der Waals surface area contributed by atoms with Gasteiger partial charge in [0.15, 0.2) is 0 Å².